The van der Waals surface area contributed by atoms with E-state index in [4.69, 9.17) is 0 Å². The zero-order valence-corrected chi connectivity index (χ0v) is 15.6. The molecule has 2 heterocycles. The lowest BCUT2D eigenvalue weighted by Gasteiger charge is -2.12. The van der Waals surface area contributed by atoms with Crippen molar-refractivity contribution in [2.24, 2.45) is 4.99 Å². The van der Waals surface area contributed by atoms with Gasteiger partial charge in [-0.2, -0.15) is 0 Å². The van der Waals surface area contributed by atoms with Gasteiger partial charge in [0.2, 0.25) is 0 Å². The number of carbonyl (C=O) groups excluding carboxylic acids is 1. The molecule has 0 atom stereocenters. The van der Waals surface area contributed by atoms with Crippen LogP contribution in [0.25, 0.3) is 11.2 Å². The Morgan fingerprint density at radius 1 is 1.27 bits per heavy atom. The van der Waals surface area contributed by atoms with Crippen molar-refractivity contribution < 1.29 is 4.79 Å². The third kappa shape index (κ3) is 3.64. The molecule has 0 bridgehead atoms. The molecule has 0 amide bonds. The number of rotatable bonds is 6. The Kier molecular flexibility index (Phi) is 5.11. The number of imidazole rings is 1. The van der Waals surface area contributed by atoms with Crippen LogP contribution in [-0.2, 0) is 6.54 Å². The third-order valence-corrected chi connectivity index (χ3v) is 4.44. The van der Waals surface area contributed by atoms with Crippen LogP contribution in [0.15, 0.2) is 41.8 Å². The van der Waals surface area contributed by atoms with Crippen LogP contribution in [-0.4, -0.2) is 45.1 Å². The minimum atomic E-state index is 0.0509. The number of aromatic nitrogens is 3. The van der Waals surface area contributed by atoms with Gasteiger partial charge in [0, 0.05) is 25.4 Å². The molecule has 0 spiro atoms. The molecule has 2 aromatic heterocycles. The van der Waals surface area contributed by atoms with Crippen molar-refractivity contribution >= 4 is 29.0 Å². The van der Waals surface area contributed by atoms with Gasteiger partial charge in [0.05, 0.1) is 30.4 Å². The molecule has 6 heteroatoms. The van der Waals surface area contributed by atoms with Crippen molar-refractivity contribution in [3.8, 4) is 0 Å². The highest BCUT2D eigenvalue weighted by molar-refractivity contribution is 5.98. The molecular weight excluding hydrogens is 326 g/mol. The largest absolute Gasteiger partial charge is 0.366 e. The molecule has 0 aliphatic rings. The first-order valence-corrected chi connectivity index (χ1v) is 8.64. The highest BCUT2D eigenvalue weighted by Crippen LogP contribution is 2.24. The van der Waals surface area contributed by atoms with E-state index >= 15 is 0 Å². The van der Waals surface area contributed by atoms with Gasteiger partial charge in [-0.25, -0.2) is 15.0 Å². The van der Waals surface area contributed by atoms with Gasteiger partial charge in [-0.15, -0.1) is 0 Å². The second-order valence-corrected chi connectivity index (χ2v) is 6.41. The fraction of sp³-hybridized carbons (Fsp3) is 0.300. The molecule has 0 fully saturated rings. The maximum absolute atomic E-state index is 12.8. The number of hydrogen-bond donors (Lipinski definition) is 0. The van der Waals surface area contributed by atoms with Crippen LogP contribution in [0.3, 0.4) is 0 Å². The zero-order chi connectivity index (χ0) is 18.7. The minimum Gasteiger partial charge on any atom is -0.366 e. The maximum atomic E-state index is 12.8. The summed E-state index contributed by atoms with van der Waals surface area (Å²) in [6, 6.07) is 7.66. The van der Waals surface area contributed by atoms with Crippen LogP contribution in [0.2, 0.25) is 0 Å². The molecule has 0 aliphatic heterocycles. The average Bonchev–Trinajstić information content (AvgIpc) is 3.04. The van der Waals surface area contributed by atoms with E-state index in [0.717, 1.165) is 34.4 Å². The monoisotopic (exact) mass is 349 g/mol. The van der Waals surface area contributed by atoms with E-state index in [-0.39, 0.29) is 12.3 Å². The molecule has 134 valence electrons. The Bertz CT molecular complexity index is 973. The number of ketones is 1. The van der Waals surface area contributed by atoms with Crippen molar-refractivity contribution in [1.82, 2.24) is 19.4 Å². The molecule has 1 aromatic carbocycles. The SMILES string of the molecule is CCN(C)/C=N\c1cc(C)c(C(=O)Cn2cnc3ncccc32)cc1C. The number of aryl methyl sites for hydroxylation is 2. The molecule has 0 N–H and O–H groups in total. The second-order valence-electron chi connectivity index (χ2n) is 6.41. The maximum Gasteiger partial charge on any atom is 0.182 e. The van der Waals surface area contributed by atoms with Gasteiger partial charge in [0.25, 0.3) is 0 Å². The lowest BCUT2D eigenvalue weighted by atomic mass is 10.0. The smallest absolute Gasteiger partial charge is 0.182 e. The molecule has 0 unspecified atom stereocenters. The van der Waals surface area contributed by atoms with E-state index in [0.29, 0.717) is 5.65 Å². The lowest BCUT2D eigenvalue weighted by Crippen LogP contribution is -2.14. The molecule has 3 aromatic rings. The summed E-state index contributed by atoms with van der Waals surface area (Å²) >= 11 is 0. The van der Waals surface area contributed by atoms with Crippen LogP contribution in [0.5, 0.6) is 0 Å². The number of fused-ring (bicyclic) bond motifs is 1. The second kappa shape index (κ2) is 7.47. The highest BCUT2D eigenvalue weighted by Gasteiger charge is 2.14. The van der Waals surface area contributed by atoms with Crippen LogP contribution in [0.4, 0.5) is 5.69 Å². The van der Waals surface area contributed by atoms with Gasteiger partial charge in [-0.1, -0.05) is 0 Å². The molecule has 0 radical (unpaired) electrons. The van der Waals surface area contributed by atoms with Gasteiger partial charge >= 0.3 is 0 Å². The van der Waals surface area contributed by atoms with Crippen LogP contribution >= 0.6 is 0 Å². The first-order valence-electron chi connectivity index (χ1n) is 8.64. The Hall–Kier alpha value is -3.02. The van der Waals surface area contributed by atoms with Gasteiger partial charge in [0.15, 0.2) is 11.4 Å². The van der Waals surface area contributed by atoms with Crippen LogP contribution in [0.1, 0.15) is 28.4 Å². The number of pyridine rings is 1. The van der Waals surface area contributed by atoms with Crippen molar-refractivity contribution in [3.05, 3.63) is 53.5 Å². The van der Waals surface area contributed by atoms with Crippen molar-refractivity contribution in [2.75, 3.05) is 13.6 Å². The van der Waals surface area contributed by atoms with E-state index < -0.39 is 0 Å². The Labute approximate surface area is 153 Å². The fourth-order valence-corrected chi connectivity index (χ4v) is 2.75. The summed E-state index contributed by atoms with van der Waals surface area (Å²) in [6.07, 6.45) is 5.18. The van der Waals surface area contributed by atoms with E-state index in [2.05, 4.69) is 21.9 Å². The normalized spacial score (nSPS) is 11.4. The summed E-state index contributed by atoms with van der Waals surface area (Å²) in [5, 5.41) is 0. The van der Waals surface area contributed by atoms with E-state index in [1.807, 2.05) is 61.0 Å². The van der Waals surface area contributed by atoms with Crippen LogP contribution in [0, 0.1) is 13.8 Å². The zero-order valence-electron chi connectivity index (χ0n) is 15.6. The summed E-state index contributed by atoms with van der Waals surface area (Å²) in [7, 11) is 1.98. The van der Waals surface area contributed by atoms with Gasteiger partial charge in [-0.3, -0.25) is 4.79 Å². The van der Waals surface area contributed by atoms with Gasteiger partial charge in [0.1, 0.15) is 0 Å². The molecule has 0 aliphatic carbocycles. The van der Waals surface area contributed by atoms with E-state index in [1.54, 1.807) is 12.5 Å². The first kappa shape index (κ1) is 17.8. The number of hydrogen-bond acceptors (Lipinski definition) is 4. The Morgan fingerprint density at radius 2 is 2.08 bits per heavy atom. The van der Waals surface area contributed by atoms with E-state index in [1.165, 1.54) is 0 Å². The number of benzene rings is 1. The first-order chi connectivity index (χ1) is 12.5. The lowest BCUT2D eigenvalue weighted by molar-refractivity contribution is 0.0972. The molecule has 3 rings (SSSR count). The summed E-state index contributed by atoms with van der Waals surface area (Å²) in [6.45, 7) is 7.13. The van der Waals surface area contributed by atoms with Gasteiger partial charge < -0.3 is 9.47 Å². The van der Waals surface area contributed by atoms with Crippen molar-refractivity contribution in [1.29, 1.82) is 0 Å². The Morgan fingerprint density at radius 3 is 2.85 bits per heavy atom. The molecule has 26 heavy (non-hydrogen) atoms. The minimum absolute atomic E-state index is 0.0509. The molecule has 0 saturated heterocycles. The summed E-state index contributed by atoms with van der Waals surface area (Å²) < 4.78 is 1.84. The molecular formula is C20H23N5O. The number of aliphatic imine (C=N–C) groups is 1. The predicted molar refractivity (Wildman–Crippen MR) is 104 cm³/mol. The summed E-state index contributed by atoms with van der Waals surface area (Å²) in [4.78, 5) is 27.8. The van der Waals surface area contributed by atoms with Crippen molar-refractivity contribution in [2.45, 2.75) is 27.3 Å². The van der Waals surface area contributed by atoms with Gasteiger partial charge in [-0.05, 0) is 56.2 Å². The summed E-state index contributed by atoms with van der Waals surface area (Å²) in [5.41, 5.74) is 5.02. The van der Waals surface area contributed by atoms with Crippen molar-refractivity contribution in [3.63, 3.8) is 0 Å². The number of carbonyl (C=O) groups is 1. The number of nitrogens with zero attached hydrogens (tertiary/aromatic N) is 5. The summed E-state index contributed by atoms with van der Waals surface area (Å²) in [5.74, 6) is 0.0509. The quantitative estimate of drug-likeness (QED) is 0.388. The van der Waals surface area contributed by atoms with Crippen LogP contribution < -0.4 is 0 Å². The van der Waals surface area contributed by atoms with E-state index in [9.17, 15) is 4.79 Å². The Balaban J connectivity index is 1.85. The predicted octanol–water partition coefficient (Wildman–Crippen LogP) is 3.54. The standard InChI is InChI=1S/C20H23N5O/c1-5-24(4)12-22-17-10-14(2)16(9-15(17)3)19(26)11-25-13-23-20-18(25)7-6-8-21-20/h6-10,12-13H,5,11H2,1-4H3/b22-12-. The highest BCUT2D eigenvalue weighted by atomic mass is 16.1. The third-order valence-electron chi connectivity index (χ3n) is 4.44. The number of Topliss-reactive ketones (excluding diaryl/α,β-unsaturated/α-hetero) is 1. The topological polar surface area (TPSA) is 63.4 Å². The molecule has 6 nitrogen and oxygen atoms in total. The molecule has 0 saturated carbocycles. The average molecular weight is 349 g/mol. The fourth-order valence-electron chi connectivity index (χ4n) is 2.75.